The highest BCUT2D eigenvalue weighted by Crippen LogP contribution is 2.20. The molecule has 0 aliphatic heterocycles. The van der Waals surface area contributed by atoms with Gasteiger partial charge in [-0.25, -0.2) is 4.98 Å². The Kier molecular flexibility index (Phi) is 7.78. The van der Waals surface area contributed by atoms with E-state index >= 15 is 0 Å². The van der Waals surface area contributed by atoms with Gasteiger partial charge in [-0.05, 0) is 55.3 Å². The Labute approximate surface area is 202 Å². The van der Waals surface area contributed by atoms with E-state index in [-0.39, 0.29) is 17.9 Å². The number of hydrogen-bond acceptors (Lipinski definition) is 5. The molecule has 0 radical (unpaired) electrons. The van der Waals surface area contributed by atoms with Crippen molar-refractivity contribution in [1.29, 1.82) is 0 Å². The molecule has 6 nitrogen and oxygen atoms in total. The zero-order valence-corrected chi connectivity index (χ0v) is 19.7. The summed E-state index contributed by atoms with van der Waals surface area (Å²) in [6.45, 7) is 1.81. The van der Waals surface area contributed by atoms with Crippen LogP contribution in [-0.4, -0.2) is 15.9 Å². The molecule has 0 saturated carbocycles. The number of rotatable bonds is 9. The Morgan fingerprint density at radius 3 is 2.18 bits per heavy atom. The number of aromatic amines is 1. The van der Waals surface area contributed by atoms with E-state index in [1.54, 1.807) is 0 Å². The van der Waals surface area contributed by atoms with E-state index in [0.29, 0.717) is 28.5 Å². The lowest BCUT2D eigenvalue weighted by molar-refractivity contribution is -0.116. The molecule has 0 bridgehead atoms. The molecule has 4 aromatic rings. The lowest BCUT2D eigenvalue weighted by Gasteiger charge is -2.09. The van der Waals surface area contributed by atoms with E-state index in [9.17, 15) is 9.59 Å². The molecule has 0 saturated heterocycles. The van der Waals surface area contributed by atoms with Gasteiger partial charge in [0.25, 0.3) is 5.56 Å². The summed E-state index contributed by atoms with van der Waals surface area (Å²) in [6, 6.07) is 27.4. The summed E-state index contributed by atoms with van der Waals surface area (Å²) in [6.07, 6.45) is 0.531. The minimum Gasteiger partial charge on any atom is -0.356 e. The first-order valence-electron chi connectivity index (χ1n) is 11.1. The summed E-state index contributed by atoms with van der Waals surface area (Å²) >= 11 is 1.49. The monoisotopic (exact) mass is 470 g/mol. The van der Waals surface area contributed by atoms with Crippen LogP contribution in [0.2, 0.25) is 0 Å². The van der Waals surface area contributed by atoms with Gasteiger partial charge in [-0.1, -0.05) is 60.3 Å². The van der Waals surface area contributed by atoms with Crippen molar-refractivity contribution >= 4 is 34.7 Å². The van der Waals surface area contributed by atoms with Crippen LogP contribution >= 0.6 is 11.8 Å². The lowest BCUT2D eigenvalue weighted by atomic mass is 10.1. The van der Waals surface area contributed by atoms with Crippen LogP contribution in [0.5, 0.6) is 0 Å². The van der Waals surface area contributed by atoms with E-state index < -0.39 is 0 Å². The van der Waals surface area contributed by atoms with Crippen LogP contribution in [0.1, 0.15) is 23.2 Å². The second kappa shape index (κ2) is 11.3. The largest absolute Gasteiger partial charge is 0.356 e. The standard InChI is InChI=1S/C27H26N4O2S/c1-19-24(26(33)31-27(28-19)34-18-20-8-4-2-5-9-20)16-17-25(32)30-23-14-12-22(13-15-23)29-21-10-6-3-7-11-21/h2-15,29H,16-18H2,1H3,(H,30,32)(H,28,31,33). The highest BCUT2D eigenvalue weighted by molar-refractivity contribution is 7.98. The third-order valence-electron chi connectivity index (χ3n) is 5.25. The van der Waals surface area contributed by atoms with Crippen molar-refractivity contribution < 1.29 is 4.79 Å². The number of aryl methyl sites for hydroxylation is 1. The summed E-state index contributed by atoms with van der Waals surface area (Å²) in [4.78, 5) is 32.4. The SMILES string of the molecule is Cc1nc(SCc2ccccc2)[nH]c(=O)c1CCC(=O)Nc1ccc(Nc2ccccc2)cc1. The van der Waals surface area contributed by atoms with E-state index in [4.69, 9.17) is 0 Å². The number of nitrogens with one attached hydrogen (secondary N) is 3. The highest BCUT2D eigenvalue weighted by atomic mass is 32.2. The third kappa shape index (κ3) is 6.59. The van der Waals surface area contributed by atoms with Crippen molar-refractivity contribution in [2.45, 2.75) is 30.7 Å². The number of hydrogen-bond donors (Lipinski definition) is 3. The van der Waals surface area contributed by atoms with Crippen molar-refractivity contribution in [2.24, 2.45) is 0 Å². The van der Waals surface area contributed by atoms with E-state index in [1.165, 1.54) is 11.8 Å². The Bertz CT molecular complexity index is 1290. The average molecular weight is 471 g/mol. The summed E-state index contributed by atoms with van der Waals surface area (Å²) in [5.41, 5.74) is 4.82. The zero-order chi connectivity index (χ0) is 23.8. The van der Waals surface area contributed by atoms with Crippen molar-refractivity contribution in [1.82, 2.24) is 9.97 Å². The van der Waals surface area contributed by atoms with Crippen molar-refractivity contribution in [2.75, 3.05) is 10.6 Å². The van der Waals surface area contributed by atoms with Gasteiger partial charge >= 0.3 is 0 Å². The number of para-hydroxylation sites is 1. The van der Waals surface area contributed by atoms with E-state index in [2.05, 4.69) is 20.6 Å². The molecular weight excluding hydrogens is 444 g/mol. The summed E-state index contributed by atoms with van der Waals surface area (Å²) in [7, 11) is 0. The predicted octanol–water partition coefficient (Wildman–Crippen LogP) is 5.69. The minimum absolute atomic E-state index is 0.148. The van der Waals surface area contributed by atoms with Crippen LogP contribution in [0.4, 0.5) is 17.1 Å². The van der Waals surface area contributed by atoms with Crippen molar-refractivity contribution in [3.8, 4) is 0 Å². The Hall–Kier alpha value is -3.84. The van der Waals surface area contributed by atoms with Gasteiger partial charge in [-0.2, -0.15) is 0 Å². The number of anilines is 3. The fraction of sp³-hybridized carbons (Fsp3) is 0.148. The molecular formula is C27H26N4O2S. The molecule has 7 heteroatoms. The average Bonchev–Trinajstić information content (AvgIpc) is 2.85. The molecule has 1 heterocycles. The molecule has 3 aromatic carbocycles. The van der Waals surface area contributed by atoms with Gasteiger partial charge in [-0.3, -0.25) is 9.59 Å². The third-order valence-corrected chi connectivity index (χ3v) is 6.20. The molecule has 0 unspecified atom stereocenters. The van der Waals surface area contributed by atoms with Gasteiger partial charge < -0.3 is 15.6 Å². The van der Waals surface area contributed by atoms with E-state index in [0.717, 1.165) is 22.7 Å². The fourth-order valence-electron chi connectivity index (χ4n) is 3.46. The Morgan fingerprint density at radius 2 is 1.50 bits per heavy atom. The van der Waals surface area contributed by atoms with Gasteiger partial charge in [0.1, 0.15) is 0 Å². The molecule has 0 aliphatic rings. The zero-order valence-electron chi connectivity index (χ0n) is 18.9. The topological polar surface area (TPSA) is 86.9 Å². The number of carbonyl (C=O) groups is 1. The summed E-state index contributed by atoms with van der Waals surface area (Å²) < 4.78 is 0. The number of carbonyl (C=O) groups excluding carboxylic acids is 1. The maximum Gasteiger partial charge on any atom is 0.254 e. The first-order chi connectivity index (χ1) is 16.6. The lowest BCUT2D eigenvalue weighted by Crippen LogP contribution is -2.20. The van der Waals surface area contributed by atoms with Crippen molar-refractivity contribution in [3.05, 3.63) is 112 Å². The van der Waals surface area contributed by atoms with Gasteiger partial charge in [-0.15, -0.1) is 0 Å². The smallest absolute Gasteiger partial charge is 0.254 e. The maximum absolute atomic E-state index is 12.6. The van der Waals surface area contributed by atoms with Gasteiger partial charge in [0.15, 0.2) is 5.16 Å². The summed E-state index contributed by atoms with van der Waals surface area (Å²) in [5.74, 6) is 0.579. The maximum atomic E-state index is 12.6. The number of aromatic nitrogens is 2. The number of benzene rings is 3. The first kappa shape index (κ1) is 23.3. The molecule has 4 rings (SSSR count). The van der Waals surface area contributed by atoms with Crippen LogP contribution < -0.4 is 16.2 Å². The quantitative estimate of drug-likeness (QED) is 0.216. The second-order valence-electron chi connectivity index (χ2n) is 7.83. The highest BCUT2D eigenvalue weighted by Gasteiger charge is 2.11. The number of amides is 1. The molecule has 0 spiro atoms. The Balaban J connectivity index is 1.29. The second-order valence-corrected chi connectivity index (χ2v) is 8.79. The van der Waals surface area contributed by atoms with Gasteiger partial charge in [0.2, 0.25) is 5.91 Å². The summed E-state index contributed by atoms with van der Waals surface area (Å²) in [5, 5.41) is 6.78. The Morgan fingerprint density at radius 1 is 0.882 bits per heavy atom. The van der Waals surface area contributed by atoms with Crippen LogP contribution in [-0.2, 0) is 17.0 Å². The molecule has 0 aliphatic carbocycles. The number of nitrogens with zero attached hydrogens (tertiary/aromatic N) is 1. The molecule has 1 aromatic heterocycles. The number of H-pyrrole nitrogens is 1. The molecule has 0 fully saturated rings. The number of thioether (sulfide) groups is 1. The van der Waals surface area contributed by atoms with E-state index in [1.807, 2.05) is 91.9 Å². The van der Waals surface area contributed by atoms with Crippen LogP contribution in [0.3, 0.4) is 0 Å². The minimum atomic E-state index is -0.188. The van der Waals surface area contributed by atoms with Gasteiger partial charge in [0, 0.05) is 40.5 Å². The van der Waals surface area contributed by atoms with Crippen LogP contribution in [0.25, 0.3) is 0 Å². The van der Waals surface area contributed by atoms with Gasteiger partial charge in [0.05, 0.1) is 0 Å². The molecule has 34 heavy (non-hydrogen) atoms. The fourth-order valence-corrected chi connectivity index (χ4v) is 4.32. The van der Waals surface area contributed by atoms with Crippen LogP contribution in [0, 0.1) is 6.92 Å². The normalized spacial score (nSPS) is 10.6. The predicted molar refractivity (Wildman–Crippen MR) is 139 cm³/mol. The molecule has 172 valence electrons. The molecule has 0 atom stereocenters. The first-order valence-corrected chi connectivity index (χ1v) is 12.0. The van der Waals surface area contributed by atoms with Crippen LogP contribution in [0.15, 0.2) is 94.9 Å². The molecule has 3 N–H and O–H groups in total. The molecule has 1 amide bonds. The van der Waals surface area contributed by atoms with Crippen molar-refractivity contribution in [3.63, 3.8) is 0 Å².